The van der Waals surface area contributed by atoms with Crippen LogP contribution < -0.4 is 10.6 Å². The summed E-state index contributed by atoms with van der Waals surface area (Å²) in [6.07, 6.45) is 1.92. The maximum atomic E-state index is 4.36. The van der Waals surface area contributed by atoms with Crippen molar-refractivity contribution in [1.82, 2.24) is 25.4 Å². The van der Waals surface area contributed by atoms with Gasteiger partial charge in [-0.25, -0.2) is 4.98 Å². The molecule has 3 aliphatic heterocycles. The second-order valence-electron chi connectivity index (χ2n) is 5.66. The molecule has 3 fully saturated rings. The highest BCUT2D eigenvalue weighted by Gasteiger charge is 2.31. The van der Waals surface area contributed by atoms with Crippen LogP contribution in [-0.4, -0.2) is 73.1 Å². The Bertz CT molecular complexity index is 491. The van der Waals surface area contributed by atoms with Gasteiger partial charge in [0.05, 0.1) is 6.54 Å². The van der Waals surface area contributed by atoms with E-state index in [0.717, 1.165) is 24.1 Å². The van der Waals surface area contributed by atoms with E-state index in [0.29, 0.717) is 6.04 Å². The Balaban J connectivity index is 1.44. The van der Waals surface area contributed by atoms with Crippen LogP contribution >= 0.6 is 11.3 Å². The number of rotatable bonds is 4. The number of nitrogens with zero attached hydrogens (tertiary/aromatic N) is 4. The summed E-state index contributed by atoms with van der Waals surface area (Å²) in [6, 6.07) is 0.605. The average molecular weight is 308 g/mol. The van der Waals surface area contributed by atoms with Crippen LogP contribution in [0.15, 0.2) is 11.2 Å². The number of aliphatic imine (C=N–C) groups is 1. The van der Waals surface area contributed by atoms with E-state index in [2.05, 4.69) is 37.3 Å². The summed E-state index contributed by atoms with van der Waals surface area (Å²) in [4.78, 5) is 15.0. The van der Waals surface area contributed by atoms with E-state index >= 15 is 0 Å². The second-order valence-corrected chi connectivity index (χ2v) is 6.98. The molecule has 21 heavy (non-hydrogen) atoms. The van der Waals surface area contributed by atoms with E-state index in [1.165, 1.54) is 37.6 Å². The van der Waals surface area contributed by atoms with Gasteiger partial charge in [0.25, 0.3) is 0 Å². The standard InChI is InChI=1S/C14H24N6S/c1-11-7-16-13(21-11)9-18-14(15-2)17-8-12-10-19-3-5-20(12)6-4-19/h7,12H,3-6,8-10H2,1-2H3,(H2,15,17,18). The third-order valence-corrected chi connectivity index (χ3v) is 5.11. The molecular formula is C14H24N6S. The smallest absolute Gasteiger partial charge is 0.191 e. The van der Waals surface area contributed by atoms with Crippen molar-refractivity contribution in [2.75, 3.05) is 46.3 Å². The zero-order valence-electron chi connectivity index (χ0n) is 12.8. The summed E-state index contributed by atoms with van der Waals surface area (Å²) < 4.78 is 0. The van der Waals surface area contributed by atoms with Crippen molar-refractivity contribution < 1.29 is 0 Å². The number of piperazine rings is 3. The first-order valence-corrected chi connectivity index (χ1v) is 8.38. The molecule has 0 saturated carbocycles. The van der Waals surface area contributed by atoms with Gasteiger partial charge in [-0.05, 0) is 6.92 Å². The van der Waals surface area contributed by atoms with E-state index < -0.39 is 0 Å². The molecule has 0 aromatic carbocycles. The quantitative estimate of drug-likeness (QED) is 0.611. The molecule has 7 heteroatoms. The van der Waals surface area contributed by atoms with Crippen LogP contribution in [0.25, 0.3) is 0 Å². The highest BCUT2D eigenvalue weighted by atomic mass is 32.1. The highest BCUT2D eigenvalue weighted by molar-refractivity contribution is 7.11. The van der Waals surface area contributed by atoms with Gasteiger partial charge in [-0.3, -0.25) is 14.8 Å². The van der Waals surface area contributed by atoms with Crippen LogP contribution in [0, 0.1) is 6.92 Å². The Morgan fingerprint density at radius 1 is 1.38 bits per heavy atom. The topological polar surface area (TPSA) is 55.8 Å². The zero-order chi connectivity index (χ0) is 14.7. The minimum Gasteiger partial charge on any atom is -0.355 e. The minimum absolute atomic E-state index is 0.605. The molecule has 3 saturated heterocycles. The van der Waals surface area contributed by atoms with Gasteiger partial charge in [0.15, 0.2) is 5.96 Å². The van der Waals surface area contributed by atoms with Crippen LogP contribution in [0.4, 0.5) is 0 Å². The Labute approximate surface area is 130 Å². The molecule has 116 valence electrons. The van der Waals surface area contributed by atoms with E-state index in [-0.39, 0.29) is 0 Å². The molecule has 2 N–H and O–H groups in total. The molecule has 1 unspecified atom stereocenters. The second kappa shape index (κ2) is 6.72. The Hall–Kier alpha value is -1.18. The fraction of sp³-hybridized carbons (Fsp3) is 0.714. The van der Waals surface area contributed by atoms with E-state index in [1.54, 1.807) is 11.3 Å². The van der Waals surface area contributed by atoms with Gasteiger partial charge in [-0.15, -0.1) is 11.3 Å². The third-order valence-electron chi connectivity index (χ3n) is 4.20. The van der Waals surface area contributed by atoms with Gasteiger partial charge < -0.3 is 10.6 Å². The Morgan fingerprint density at radius 2 is 2.19 bits per heavy atom. The SMILES string of the molecule is CN=C(NCc1ncc(C)s1)NCC1CN2CCN1CC2. The van der Waals surface area contributed by atoms with Crippen molar-refractivity contribution in [3.05, 3.63) is 16.1 Å². The van der Waals surface area contributed by atoms with Crippen molar-refractivity contribution in [3.8, 4) is 0 Å². The van der Waals surface area contributed by atoms with E-state index in [4.69, 9.17) is 0 Å². The van der Waals surface area contributed by atoms with Crippen LogP contribution in [0.1, 0.15) is 9.88 Å². The predicted octanol–water partition coefficient (Wildman–Crippen LogP) is 0.116. The highest BCUT2D eigenvalue weighted by Crippen LogP contribution is 2.14. The molecular weight excluding hydrogens is 284 g/mol. The van der Waals surface area contributed by atoms with Crippen molar-refractivity contribution >= 4 is 17.3 Å². The first-order valence-electron chi connectivity index (χ1n) is 7.57. The third kappa shape index (κ3) is 3.72. The molecule has 1 aromatic rings. The first-order chi connectivity index (χ1) is 10.2. The molecule has 1 aromatic heterocycles. The van der Waals surface area contributed by atoms with Crippen LogP contribution in [0.2, 0.25) is 0 Å². The minimum atomic E-state index is 0.605. The van der Waals surface area contributed by atoms with E-state index in [9.17, 15) is 0 Å². The van der Waals surface area contributed by atoms with Crippen molar-refractivity contribution in [1.29, 1.82) is 0 Å². The van der Waals surface area contributed by atoms with Crippen molar-refractivity contribution in [2.24, 2.45) is 4.99 Å². The van der Waals surface area contributed by atoms with Crippen LogP contribution in [-0.2, 0) is 6.54 Å². The summed E-state index contributed by atoms with van der Waals surface area (Å²) in [5.41, 5.74) is 0. The predicted molar refractivity (Wildman–Crippen MR) is 86.9 cm³/mol. The lowest BCUT2D eigenvalue weighted by molar-refractivity contribution is 0.0154. The summed E-state index contributed by atoms with van der Waals surface area (Å²) >= 11 is 1.72. The lowest BCUT2D eigenvalue weighted by Crippen LogP contribution is -2.63. The average Bonchev–Trinajstić information content (AvgIpc) is 2.94. The lowest BCUT2D eigenvalue weighted by atomic mass is 10.1. The van der Waals surface area contributed by atoms with Gasteiger partial charge in [0.1, 0.15) is 5.01 Å². The largest absolute Gasteiger partial charge is 0.355 e. The molecule has 0 spiro atoms. The number of fused-ring (bicyclic) bond motifs is 3. The summed E-state index contributed by atoms with van der Waals surface area (Å²) in [6.45, 7) is 9.81. The molecule has 1 atom stereocenters. The number of hydrogen-bond acceptors (Lipinski definition) is 5. The fourth-order valence-electron chi connectivity index (χ4n) is 3.00. The molecule has 0 amide bonds. The molecule has 4 rings (SSSR count). The summed E-state index contributed by atoms with van der Waals surface area (Å²) in [5.74, 6) is 0.862. The molecule has 0 aliphatic carbocycles. The normalized spacial score (nSPS) is 28.7. The Morgan fingerprint density at radius 3 is 2.76 bits per heavy atom. The van der Waals surface area contributed by atoms with Gasteiger partial charge in [-0.1, -0.05) is 0 Å². The number of aryl methyl sites for hydroxylation is 1. The van der Waals surface area contributed by atoms with Gasteiger partial charge >= 0.3 is 0 Å². The summed E-state index contributed by atoms with van der Waals surface area (Å²) in [5, 5.41) is 7.88. The van der Waals surface area contributed by atoms with Gasteiger partial charge in [0.2, 0.25) is 0 Å². The molecule has 3 aliphatic rings. The maximum absolute atomic E-state index is 4.36. The van der Waals surface area contributed by atoms with Crippen LogP contribution in [0.5, 0.6) is 0 Å². The zero-order valence-corrected chi connectivity index (χ0v) is 13.6. The fourth-order valence-corrected chi connectivity index (χ4v) is 3.72. The number of thiazole rings is 1. The van der Waals surface area contributed by atoms with Crippen LogP contribution in [0.3, 0.4) is 0 Å². The van der Waals surface area contributed by atoms with Crippen molar-refractivity contribution in [3.63, 3.8) is 0 Å². The van der Waals surface area contributed by atoms with E-state index in [1.807, 2.05) is 13.2 Å². The molecule has 0 radical (unpaired) electrons. The number of hydrogen-bond donors (Lipinski definition) is 2. The molecule has 4 heterocycles. The first kappa shape index (κ1) is 14.7. The number of nitrogens with one attached hydrogen (secondary N) is 2. The monoisotopic (exact) mass is 308 g/mol. The summed E-state index contributed by atoms with van der Waals surface area (Å²) in [7, 11) is 1.82. The van der Waals surface area contributed by atoms with Crippen molar-refractivity contribution in [2.45, 2.75) is 19.5 Å². The molecule has 2 bridgehead atoms. The number of aromatic nitrogens is 1. The van der Waals surface area contributed by atoms with Gasteiger partial charge in [0, 0.05) is 63.4 Å². The molecule has 6 nitrogen and oxygen atoms in total. The maximum Gasteiger partial charge on any atom is 0.191 e. The lowest BCUT2D eigenvalue weighted by Gasteiger charge is -2.47. The Kier molecular flexibility index (Phi) is 4.72. The van der Waals surface area contributed by atoms with Gasteiger partial charge in [-0.2, -0.15) is 0 Å². The number of guanidine groups is 1.